The van der Waals surface area contributed by atoms with Crippen LogP contribution in [0, 0.1) is 0 Å². The van der Waals surface area contributed by atoms with E-state index in [1.54, 1.807) is 30.6 Å². The molecule has 0 amide bonds. The molecule has 1 aromatic heterocycles. The van der Waals surface area contributed by atoms with E-state index in [4.69, 9.17) is 5.73 Å². The minimum absolute atomic E-state index is 0.371. The first-order valence-corrected chi connectivity index (χ1v) is 4.18. The lowest BCUT2D eigenvalue weighted by Gasteiger charge is -2.02. The summed E-state index contributed by atoms with van der Waals surface area (Å²) in [4.78, 5) is 15.2. The Hall–Kier alpha value is -1.68. The number of carbonyl (C=O) groups is 1. The molecule has 2 N–H and O–H groups in total. The number of rotatable bonds is 3. The van der Waals surface area contributed by atoms with E-state index in [0.29, 0.717) is 17.7 Å². The number of carbonyl (C=O) groups excluding carboxylic acids is 1. The van der Waals surface area contributed by atoms with Gasteiger partial charge in [-0.2, -0.15) is 0 Å². The van der Waals surface area contributed by atoms with Crippen molar-refractivity contribution in [2.75, 3.05) is 13.7 Å². The molecule has 0 saturated carbocycles. The molecule has 0 aliphatic heterocycles. The van der Waals surface area contributed by atoms with Gasteiger partial charge in [0.05, 0.1) is 12.7 Å². The van der Waals surface area contributed by atoms with Crippen molar-refractivity contribution in [1.29, 1.82) is 0 Å². The lowest BCUT2D eigenvalue weighted by molar-refractivity contribution is 0.0600. The van der Waals surface area contributed by atoms with Gasteiger partial charge in [-0.15, -0.1) is 0 Å². The highest BCUT2D eigenvalue weighted by molar-refractivity contribution is 5.93. The maximum Gasteiger partial charge on any atom is 0.338 e. The maximum absolute atomic E-state index is 11.3. The van der Waals surface area contributed by atoms with Crippen LogP contribution in [0.1, 0.15) is 15.9 Å². The van der Waals surface area contributed by atoms with Gasteiger partial charge < -0.3 is 10.5 Å². The zero-order valence-corrected chi connectivity index (χ0v) is 7.93. The summed E-state index contributed by atoms with van der Waals surface area (Å²) in [6, 6.07) is 1.61. The summed E-state index contributed by atoms with van der Waals surface area (Å²) < 4.78 is 4.63. The van der Waals surface area contributed by atoms with Crippen molar-refractivity contribution in [1.82, 2.24) is 4.98 Å². The number of esters is 1. The van der Waals surface area contributed by atoms with Crippen LogP contribution in [0.15, 0.2) is 24.5 Å². The predicted octanol–water partition coefficient (Wildman–Crippen LogP) is 0.840. The second kappa shape index (κ2) is 5.14. The van der Waals surface area contributed by atoms with Crippen molar-refractivity contribution >= 4 is 12.0 Å². The standard InChI is InChI=1S/C10H12N2O2/c1-14-10(13)9-4-6-12-7-8(9)3-2-5-11/h2-4,6-7H,5,11H2,1H3. The number of nitrogens with two attached hydrogens (primary N) is 1. The molecule has 1 heterocycles. The average molecular weight is 192 g/mol. The Labute approximate surface area is 82.4 Å². The lowest BCUT2D eigenvalue weighted by Crippen LogP contribution is -2.04. The second-order valence-corrected chi connectivity index (χ2v) is 2.59. The van der Waals surface area contributed by atoms with E-state index in [1.165, 1.54) is 7.11 Å². The van der Waals surface area contributed by atoms with Crippen LogP contribution in [0.4, 0.5) is 0 Å². The van der Waals surface area contributed by atoms with Crippen LogP contribution >= 0.6 is 0 Å². The van der Waals surface area contributed by atoms with Crippen molar-refractivity contribution in [3.05, 3.63) is 35.7 Å². The second-order valence-electron chi connectivity index (χ2n) is 2.59. The highest BCUT2D eigenvalue weighted by atomic mass is 16.5. The summed E-state index contributed by atoms with van der Waals surface area (Å²) >= 11 is 0. The van der Waals surface area contributed by atoms with Crippen LogP contribution in [-0.2, 0) is 4.74 Å². The minimum atomic E-state index is -0.371. The third-order valence-electron chi connectivity index (χ3n) is 1.69. The Morgan fingerprint density at radius 3 is 3.14 bits per heavy atom. The van der Waals surface area contributed by atoms with Crippen molar-refractivity contribution < 1.29 is 9.53 Å². The van der Waals surface area contributed by atoms with E-state index >= 15 is 0 Å². The van der Waals surface area contributed by atoms with Crippen LogP contribution < -0.4 is 5.73 Å². The van der Waals surface area contributed by atoms with Crippen molar-refractivity contribution in [3.8, 4) is 0 Å². The number of hydrogen-bond donors (Lipinski definition) is 1. The van der Waals surface area contributed by atoms with Gasteiger partial charge in [0, 0.05) is 24.5 Å². The molecule has 0 aliphatic rings. The fourth-order valence-electron chi connectivity index (χ4n) is 1.03. The van der Waals surface area contributed by atoms with Crippen LogP contribution in [0.25, 0.3) is 6.08 Å². The van der Waals surface area contributed by atoms with Gasteiger partial charge in [0.15, 0.2) is 0 Å². The van der Waals surface area contributed by atoms with Crippen LogP contribution in [-0.4, -0.2) is 24.6 Å². The molecule has 0 saturated heterocycles. The Morgan fingerprint density at radius 1 is 1.71 bits per heavy atom. The molecule has 4 heteroatoms. The van der Waals surface area contributed by atoms with Gasteiger partial charge in [0.1, 0.15) is 0 Å². The highest BCUT2D eigenvalue weighted by Crippen LogP contribution is 2.09. The molecule has 0 unspecified atom stereocenters. The summed E-state index contributed by atoms with van der Waals surface area (Å²) in [5.41, 5.74) is 6.52. The van der Waals surface area contributed by atoms with Crippen LogP contribution in [0.3, 0.4) is 0 Å². The number of pyridine rings is 1. The van der Waals surface area contributed by atoms with Gasteiger partial charge in [0.2, 0.25) is 0 Å². The Balaban J connectivity index is 3.03. The Bertz CT molecular complexity index is 348. The molecule has 1 aromatic rings. The van der Waals surface area contributed by atoms with Gasteiger partial charge in [-0.25, -0.2) is 4.79 Å². The number of aromatic nitrogens is 1. The highest BCUT2D eigenvalue weighted by Gasteiger charge is 2.08. The molecule has 0 fully saturated rings. The van der Waals surface area contributed by atoms with E-state index in [1.807, 2.05) is 0 Å². The summed E-state index contributed by atoms with van der Waals surface area (Å²) in [6.07, 6.45) is 6.65. The predicted molar refractivity (Wildman–Crippen MR) is 53.7 cm³/mol. The van der Waals surface area contributed by atoms with Gasteiger partial charge >= 0.3 is 5.97 Å². The lowest BCUT2D eigenvalue weighted by atomic mass is 10.1. The quantitative estimate of drug-likeness (QED) is 0.721. The van der Waals surface area contributed by atoms with Crippen molar-refractivity contribution in [2.24, 2.45) is 5.73 Å². The Morgan fingerprint density at radius 2 is 2.50 bits per heavy atom. The molecule has 0 spiro atoms. The first-order valence-electron chi connectivity index (χ1n) is 4.18. The van der Waals surface area contributed by atoms with Gasteiger partial charge in [-0.05, 0) is 6.07 Å². The molecule has 74 valence electrons. The smallest absolute Gasteiger partial charge is 0.338 e. The van der Waals surface area contributed by atoms with Crippen molar-refractivity contribution in [2.45, 2.75) is 0 Å². The molecule has 0 bridgehead atoms. The third-order valence-corrected chi connectivity index (χ3v) is 1.69. The summed E-state index contributed by atoms with van der Waals surface area (Å²) in [5, 5.41) is 0. The zero-order valence-electron chi connectivity index (χ0n) is 7.93. The molecule has 0 aromatic carbocycles. The fourth-order valence-corrected chi connectivity index (χ4v) is 1.03. The average Bonchev–Trinajstić information content (AvgIpc) is 2.25. The van der Waals surface area contributed by atoms with E-state index in [-0.39, 0.29) is 5.97 Å². The fraction of sp³-hybridized carbons (Fsp3) is 0.200. The molecule has 0 atom stereocenters. The van der Waals surface area contributed by atoms with Gasteiger partial charge in [0.25, 0.3) is 0 Å². The number of methoxy groups -OCH3 is 1. The minimum Gasteiger partial charge on any atom is -0.465 e. The Kier molecular flexibility index (Phi) is 3.82. The normalized spacial score (nSPS) is 10.4. The number of ether oxygens (including phenoxy) is 1. The van der Waals surface area contributed by atoms with Gasteiger partial charge in [-0.1, -0.05) is 12.2 Å². The maximum atomic E-state index is 11.3. The first kappa shape index (κ1) is 10.4. The van der Waals surface area contributed by atoms with Crippen LogP contribution in [0.5, 0.6) is 0 Å². The van der Waals surface area contributed by atoms with Crippen molar-refractivity contribution in [3.63, 3.8) is 0 Å². The monoisotopic (exact) mass is 192 g/mol. The number of nitrogens with zero attached hydrogens (tertiary/aromatic N) is 1. The van der Waals surface area contributed by atoms with E-state index in [9.17, 15) is 4.79 Å². The molecule has 1 rings (SSSR count). The first-order chi connectivity index (χ1) is 6.79. The number of hydrogen-bond acceptors (Lipinski definition) is 4. The zero-order chi connectivity index (χ0) is 10.4. The van der Waals surface area contributed by atoms with E-state index < -0.39 is 0 Å². The molecule has 0 aliphatic carbocycles. The molecular weight excluding hydrogens is 180 g/mol. The molecular formula is C10H12N2O2. The summed E-state index contributed by atoms with van der Waals surface area (Å²) in [5.74, 6) is -0.371. The topological polar surface area (TPSA) is 65.2 Å². The SMILES string of the molecule is COC(=O)c1ccncc1C=CCN. The summed E-state index contributed by atoms with van der Waals surface area (Å²) in [7, 11) is 1.35. The molecule has 4 nitrogen and oxygen atoms in total. The van der Waals surface area contributed by atoms with E-state index in [2.05, 4.69) is 9.72 Å². The van der Waals surface area contributed by atoms with Gasteiger partial charge in [-0.3, -0.25) is 4.98 Å². The molecule has 14 heavy (non-hydrogen) atoms. The van der Waals surface area contributed by atoms with E-state index in [0.717, 1.165) is 0 Å². The van der Waals surface area contributed by atoms with Crippen LogP contribution in [0.2, 0.25) is 0 Å². The third kappa shape index (κ3) is 2.40. The summed E-state index contributed by atoms with van der Waals surface area (Å²) in [6.45, 7) is 0.426. The largest absolute Gasteiger partial charge is 0.465 e. The molecule has 0 radical (unpaired) electrons.